The van der Waals surface area contributed by atoms with Crippen molar-refractivity contribution in [1.82, 2.24) is 10.6 Å². The van der Waals surface area contributed by atoms with Gasteiger partial charge in [-0.3, -0.25) is 29.8 Å². The first kappa shape index (κ1) is 39.0. The van der Waals surface area contributed by atoms with Gasteiger partial charge >= 0.3 is 0 Å². The van der Waals surface area contributed by atoms with E-state index in [9.17, 15) is 19.2 Å². The van der Waals surface area contributed by atoms with Gasteiger partial charge in [-0.1, -0.05) is 156 Å². The summed E-state index contributed by atoms with van der Waals surface area (Å²) in [7, 11) is 0. The molecule has 2 atom stereocenters. The van der Waals surface area contributed by atoms with Crippen molar-refractivity contribution < 1.29 is 19.2 Å². The summed E-state index contributed by atoms with van der Waals surface area (Å²) in [5.74, 6) is -2.38. The van der Waals surface area contributed by atoms with E-state index in [-0.39, 0.29) is 29.2 Å². The minimum absolute atomic E-state index is 0.108. The molecule has 0 rings (SSSR count). The molecule has 0 bridgehead atoms. The summed E-state index contributed by atoms with van der Waals surface area (Å²) in [6, 6.07) is 0. The molecule has 2 N–H and O–H groups in total. The average molecular weight is 577 g/mol. The minimum Gasteiger partial charge on any atom is -0.293 e. The van der Waals surface area contributed by atoms with Gasteiger partial charge in [-0.2, -0.15) is 0 Å². The number of imide groups is 2. The molecule has 0 heterocycles. The van der Waals surface area contributed by atoms with E-state index in [1.54, 1.807) is 0 Å². The standard InChI is InChI=1S/C35H64N2O4/c1-6-8-10-12-14-16-18-20-22-24-26-29(3)33(39)36-32(38)28-31(5)35(41)37-34(40)30(4)27-25-23-21-19-17-15-13-11-9-7-2/h28-30H,6-27H2,1-5H3,(H,36,38,39)(H,37,40,41). The molecule has 41 heavy (non-hydrogen) atoms. The van der Waals surface area contributed by atoms with Crippen LogP contribution in [0.2, 0.25) is 0 Å². The number of unbranched alkanes of at least 4 members (excludes halogenated alkanes) is 18. The second-order valence-electron chi connectivity index (χ2n) is 12.2. The van der Waals surface area contributed by atoms with Crippen LogP contribution in [0, 0.1) is 11.8 Å². The molecule has 0 aromatic heterocycles. The van der Waals surface area contributed by atoms with Gasteiger partial charge in [-0.25, -0.2) is 0 Å². The normalized spacial score (nSPS) is 13.0. The molecule has 0 radical (unpaired) electrons. The second kappa shape index (κ2) is 26.9. The molecule has 0 fully saturated rings. The highest BCUT2D eigenvalue weighted by Crippen LogP contribution is 2.15. The number of nitrogens with one attached hydrogen (secondary N) is 2. The Bertz CT molecular complexity index is 746. The Kier molecular flexibility index (Phi) is 25.6. The van der Waals surface area contributed by atoms with Crippen molar-refractivity contribution >= 4 is 23.6 Å². The minimum atomic E-state index is -0.622. The topological polar surface area (TPSA) is 92.3 Å². The van der Waals surface area contributed by atoms with Crippen molar-refractivity contribution in [3.05, 3.63) is 11.6 Å². The van der Waals surface area contributed by atoms with Crippen LogP contribution in [0.3, 0.4) is 0 Å². The highest BCUT2D eigenvalue weighted by molar-refractivity contribution is 6.09. The molecule has 6 nitrogen and oxygen atoms in total. The Balaban J connectivity index is 4.08. The van der Waals surface area contributed by atoms with Crippen LogP contribution in [0.1, 0.15) is 176 Å². The zero-order valence-electron chi connectivity index (χ0n) is 27.4. The summed E-state index contributed by atoms with van der Waals surface area (Å²) in [5.41, 5.74) is 0.108. The average Bonchev–Trinajstić information content (AvgIpc) is 2.94. The Morgan fingerprint density at radius 2 is 0.829 bits per heavy atom. The zero-order chi connectivity index (χ0) is 30.7. The molecule has 0 aliphatic carbocycles. The largest absolute Gasteiger partial charge is 0.293 e. The lowest BCUT2D eigenvalue weighted by molar-refractivity contribution is -0.133. The van der Waals surface area contributed by atoms with Crippen LogP contribution in [0.5, 0.6) is 0 Å². The van der Waals surface area contributed by atoms with E-state index in [2.05, 4.69) is 24.5 Å². The van der Waals surface area contributed by atoms with Crippen molar-refractivity contribution in [2.75, 3.05) is 0 Å². The monoisotopic (exact) mass is 576 g/mol. The molecule has 0 aromatic carbocycles. The molecular weight excluding hydrogens is 512 g/mol. The van der Waals surface area contributed by atoms with Crippen molar-refractivity contribution in [2.24, 2.45) is 11.8 Å². The predicted molar refractivity (Wildman–Crippen MR) is 171 cm³/mol. The van der Waals surface area contributed by atoms with Crippen LogP contribution in [0.4, 0.5) is 0 Å². The predicted octanol–water partition coefficient (Wildman–Crippen LogP) is 9.11. The van der Waals surface area contributed by atoms with Crippen molar-refractivity contribution in [3.8, 4) is 0 Å². The molecule has 4 amide bonds. The van der Waals surface area contributed by atoms with Gasteiger partial charge in [-0.15, -0.1) is 0 Å². The van der Waals surface area contributed by atoms with E-state index in [1.807, 2.05) is 13.8 Å². The Morgan fingerprint density at radius 3 is 1.20 bits per heavy atom. The number of amides is 4. The third kappa shape index (κ3) is 23.3. The molecular formula is C35H64N2O4. The first-order chi connectivity index (χ1) is 19.7. The summed E-state index contributed by atoms with van der Waals surface area (Å²) < 4.78 is 0. The van der Waals surface area contributed by atoms with Crippen LogP contribution in [-0.4, -0.2) is 23.6 Å². The number of carbonyl (C=O) groups excluding carboxylic acids is 4. The smallest absolute Gasteiger partial charge is 0.253 e. The molecule has 0 aliphatic rings. The fourth-order valence-electron chi connectivity index (χ4n) is 5.01. The molecule has 0 spiro atoms. The fourth-order valence-corrected chi connectivity index (χ4v) is 5.01. The lowest BCUT2D eigenvalue weighted by Crippen LogP contribution is -2.37. The van der Waals surface area contributed by atoms with E-state index in [0.717, 1.165) is 44.6 Å². The SMILES string of the molecule is CCCCCCCCCCCCC(C)C(=O)NC(=O)C=C(C)C(=O)NC(=O)C(C)CCCCCCCCCCCC. The van der Waals surface area contributed by atoms with Crippen molar-refractivity contribution in [1.29, 1.82) is 0 Å². The van der Waals surface area contributed by atoms with Crippen LogP contribution < -0.4 is 10.6 Å². The fraction of sp³-hybridized carbons (Fsp3) is 0.829. The van der Waals surface area contributed by atoms with Gasteiger partial charge in [0.2, 0.25) is 11.8 Å². The van der Waals surface area contributed by atoms with E-state index < -0.39 is 11.8 Å². The molecule has 0 saturated heterocycles. The van der Waals surface area contributed by atoms with Gasteiger partial charge in [0, 0.05) is 23.5 Å². The number of carbonyl (C=O) groups is 4. The summed E-state index contributed by atoms with van der Waals surface area (Å²) in [6.07, 6.45) is 27.4. The maximum atomic E-state index is 12.4. The maximum Gasteiger partial charge on any atom is 0.253 e. The lowest BCUT2D eigenvalue weighted by atomic mass is 10.0. The van der Waals surface area contributed by atoms with Gasteiger partial charge in [0.1, 0.15) is 0 Å². The molecule has 6 heteroatoms. The number of rotatable bonds is 26. The summed E-state index contributed by atoms with van der Waals surface area (Å²) >= 11 is 0. The first-order valence-electron chi connectivity index (χ1n) is 17.1. The summed E-state index contributed by atoms with van der Waals surface area (Å²) in [6.45, 7) is 9.61. The summed E-state index contributed by atoms with van der Waals surface area (Å²) in [5, 5.41) is 4.77. The Hall–Kier alpha value is -1.98. The van der Waals surface area contributed by atoms with Crippen LogP contribution in [-0.2, 0) is 19.2 Å². The molecule has 0 aromatic rings. The number of hydrogen-bond acceptors (Lipinski definition) is 4. The zero-order valence-corrected chi connectivity index (χ0v) is 27.4. The van der Waals surface area contributed by atoms with E-state index in [4.69, 9.17) is 0 Å². The van der Waals surface area contributed by atoms with Gasteiger partial charge in [-0.05, 0) is 19.8 Å². The molecule has 0 saturated carbocycles. The molecule has 2 unspecified atom stereocenters. The molecule has 0 aliphatic heterocycles. The number of hydrogen-bond donors (Lipinski definition) is 2. The van der Waals surface area contributed by atoms with Crippen LogP contribution in [0.15, 0.2) is 11.6 Å². The van der Waals surface area contributed by atoms with Crippen LogP contribution in [0.25, 0.3) is 0 Å². The third-order valence-electron chi connectivity index (χ3n) is 8.07. The summed E-state index contributed by atoms with van der Waals surface area (Å²) in [4.78, 5) is 49.5. The van der Waals surface area contributed by atoms with E-state index in [0.29, 0.717) is 0 Å². The van der Waals surface area contributed by atoms with Crippen LogP contribution >= 0.6 is 0 Å². The first-order valence-corrected chi connectivity index (χ1v) is 17.1. The van der Waals surface area contributed by atoms with E-state index in [1.165, 1.54) is 110 Å². The highest BCUT2D eigenvalue weighted by Gasteiger charge is 2.18. The second-order valence-corrected chi connectivity index (χ2v) is 12.2. The van der Waals surface area contributed by atoms with Crippen molar-refractivity contribution in [3.63, 3.8) is 0 Å². The Labute approximate surface area is 252 Å². The highest BCUT2D eigenvalue weighted by atomic mass is 16.2. The van der Waals surface area contributed by atoms with Crippen molar-refractivity contribution in [2.45, 2.75) is 176 Å². The van der Waals surface area contributed by atoms with Gasteiger partial charge in [0.15, 0.2) is 0 Å². The Morgan fingerprint density at radius 1 is 0.512 bits per heavy atom. The lowest BCUT2D eigenvalue weighted by Gasteiger charge is -2.12. The third-order valence-corrected chi connectivity index (χ3v) is 8.07. The maximum absolute atomic E-state index is 12.4. The van der Waals surface area contributed by atoms with Gasteiger partial charge in [0.25, 0.3) is 11.8 Å². The molecule has 238 valence electrons. The van der Waals surface area contributed by atoms with Gasteiger partial charge in [0.05, 0.1) is 0 Å². The van der Waals surface area contributed by atoms with Gasteiger partial charge < -0.3 is 0 Å². The van der Waals surface area contributed by atoms with E-state index >= 15 is 0 Å². The quantitative estimate of drug-likeness (QED) is 0.0793.